The Kier molecular flexibility index (Phi) is 14.8. The van der Waals surface area contributed by atoms with Crippen molar-refractivity contribution in [3.05, 3.63) is 48.0 Å². The first kappa shape index (κ1) is 43.9. The molecule has 19 heteroatoms. The van der Waals surface area contributed by atoms with Crippen molar-refractivity contribution in [2.45, 2.75) is 95.6 Å². The van der Waals surface area contributed by atoms with Gasteiger partial charge in [0.05, 0.1) is 25.7 Å². The second-order valence-corrected chi connectivity index (χ2v) is 17.6. The zero-order valence-corrected chi connectivity index (χ0v) is 33.4. The third-order valence-corrected chi connectivity index (χ3v) is 10.6. The molecule has 54 heavy (non-hydrogen) atoms. The Labute approximate surface area is 316 Å². The molecule has 0 radical (unpaired) electrons. The fourth-order valence-corrected chi connectivity index (χ4v) is 8.15. The molecule has 0 unspecified atom stereocenters. The Balaban J connectivity index is 1.67. The fraction of sp³-hybridized carbons (Fsp3) is 0.543. The number of carbonyl (C=O) groups is 3. The van der Waals surface area contributed by atoms with E-state index in [-0.39, 0.29) is 63.7 Å². The van der Waals surface area contributed by atoms with E-state index < -0.39 is 71.2 Å². The van der Waals surface area contributed by atoms with E-state index in [0.29, 0.717) is 10.6 Å². The SMILES string of the molecule is CCOC(=O)C1CCN(S(=O)(=O)c2ccccc2S(=O)(=O)Oc2cc(C)cc(OCCCON(C(=N)NC(=O)OC(C)(C)C)C(=O)OC(C)(C)C)c2)CC1. The van der Waals surface area contributed by atoms with E-state index >= 15 is 0 Å². The highest BCUT2D eigenvalue weighted by molar-refractivity contribution is 7.91. The summed E-state index contributed by atoms with van der Waals surface area (Å²) in [6.45, 7) is 13.2. The lowest BCUT2D eigenvalue weighted by atomic mass is 9.98. The lowest BCUT2D eigenvalue weighted by molar-refractivity contribution is -0.149. The molecular formula is C35H50N4O13S2. The van der Waals surface area contributed by atoms with Gasteiger partial charge in [-0.15, -0.1) is 5.06 Å². The van der Waals surface area contributed by atoms with Gasteiger partial charge in [-0.25, -0.2) is 18.0 Å². The van der Waals surface area contributed by atoms with Gasteiger partial charge in [0.2, 0.25) is 16.0 Å². The second kappa shape index (κ2) is 18.2. The van der Waals surface area contributed by atoms with E-state index in [4.69, 9.17) is 33.4 Å². The highest BCUT2D eigenvalue weighted by Crippen LogP contribution is 2.31. The number of hydroxylamine groups is 2. The Morgan fingerprint density at radius 1 is 0.889 bits per heavy atom. The molecule has 1 saturated heterocycles. The molecular weight excluding hydrogens is 749 g/mol. The first-order valence-electron chi connectivity index (χ1n) is 17.2. The maximum absolute atomic E-state index is 13.7. The predicted octanol–water partition coefficient (Wildman–Crippen LogP) is 5.12. The van der Waals surface area contributed by atoms with Gasteiger partial charge in [0.1, 0.15) is 32.5 Å². The molecule has 0 bridgehead atoms. The molecule has 0 atom stereocenters. The number of aryl methyl sites for hydroxylation is 1. The number of sulfonamides is 1. The second-order valence-electron chi connectivity index (χ2n) is 14.2. The number of alkyl carbamates (subject to hydrolysis) is 1. The summed E-state index contributed by atoms with van der Waals surface area (Å²) in [5.74, 6) is -1.50. The topological polar surface area (TPSA) is 217 Å². The van der Waals surface area contributed by atoms with Gasteiger partial charge in [0, 0.05) is 25.6 Å². The molecule has 1 fully saturated rings. The molecule has 1 aliphatic rings. The number of nitrogens with one attached hydrogen (secondary N) is 2. The van der Waals surface area contributed by atoms with E-state index in [0.717, 1.165) is 10.4 Å². The molecule has 0 aliphatic carbocycles. The summed E-state index contributed by atoms with van der Waals surface area (Å²) in [5, 5.41) is 10.8. The van der Waals surface area contributed by atoms with Gasteiger partial charge in [-0.05, 0) is 98.1 Å². The lowest BCUT2D eigenvalue weighted by Crippen LogP contribution is -2.49. The van der Waals surface area contributed by atoms with Crippen LogP contribution in [0.4, 0.5) is 9.59 Å². The zero-order valence-electron chi connectivity index (χ0n) is 31.8. The predicted molar refractivity (Wildman–Crippen MR) is 195 cm³/mol. The van der Waals surface area contributed by atoms with Crippen molar-refractivity contribution in [2.75, 3.05) is 32.9 Å². The number of guanidine groups is 1. The van der Waals surface area contributed by atoms with E-state index in [1.54, 1.807) is 61.5 Å². The molecule has 2 aromatic rings. The quantitative estimate of drug-likeness (QED) is 0.0512. The molecule has 2 aromatic carbocycles. The van der Waals surface area contributed by atoms with Crippen molar-refractivity contribution in [1.29, 1.82) is 5.41 Å². The van der Waals surface area contributed by atoms with Crippen molar-refractivity contribution >= 4 is 44.3 Å². The third-order valence-electron chi connectivity index (χ3n) is 7.20. The largest absolute Gasteiger partial charge is 0.493 e. The van der Waals surface area contributed by atoms with Crippen molar-refractivity contribution in [3.8, 4) is 11.5 Å². The molecule has 0 aromatic heterocycles. The molecule has 0 spiro atoms. The maximum Gasteiger partial charge on any atom is 0.442 e. The van der Waals surface area contributed by atoms with Gasteiger partial charge >= 0.3 is 28.3 Å². The summed E-state index contributed by atoms with van der Waals surface area (Å²) in [7, 11) is -8.97. The number of nitrogens with zero attached hydrogens (tertiary/aromatic N) is 2. The highest BCUT2D eigenvalue weighted by atomic mass is 32.2. The van der Waals surface area contributed by atoms with Gasteiger partial charge in [-0.3, -0.25) is 20.4 Å². The third kappa shape index (κ3) is 13.1. The average Bonchev–Trinajstić information content (AvgIpc) is 3.04. The van der Waals surface area contributed by atoms with E-state index in [1.165, 1.54) is 30.3 Å². The Morgan fingerprint density at radius 2 is 1.48 bits per heavy atom. The summed E-state index contributed by atoms with van der Waals surface area (Å²) >= 11 is 0. The first-order chi connectivity index (χ1) is 25.0. The van der Waals surface area contributed by atoms with Crippen molar-refractivity contribution < 1.29 is 59.2 Å². The van der Waals surface area contributed by atoms with Crippen LogP contribution in [-0.2, 0) is 44.0 Å². The normalized spacial score (nSPS) is 14.4. The van der Waals surface area contributed by atoms with Crippen LogP contribution in [-0.4, -0.2) is 94.4 Å². The van der Waals surface area contributed by atoms with Crippen LogP contribution in [0.15, 0.2) is 52.3 Å². The molecule has 0 saturated carbocycles. The van der Waals surface area contributed by atoms with Gasteiger partial charge < -0.3 is 23.1 Å². The average molecular weight is 799 g/mol. The number of benzene rings is 2. The molecule has 1 aliphatic heterocycles. The number of esters is 1. The van der Waals surface area contributed by atoms with Crippen LogP contribution in [0.3, 0.4) is 0 Å². The monoisotopic (exact) mass is 798 g/mol. The van der Waals surface area contributed by atoms with Crippen molar-refractivity contribution in [2.24, 2.45) is 5.92 Å². The van der Waals surface area contributed by atoms with E-state index in [2.05, 4.69) is 5.32 Å². The summed E-state index contributed by atoms with van der Waals surface area (Å²) in [6, 6.07) is 9.49. The van der Waals surface area contributed by atoms with Gasteiger partial charge in [-0.2, -0.15) is 12.7 Å². The molecule has 2 amide bonds. The number of hydrogen-bond donors (Lipinski definition) is 2. The molecule has 3 rings (SSSR count). The number of carbonyl (C=O) groups excluding carboxylic acids is 3. The zero-order chi connectivity index (χ0) is 40.5. The summed E-state index contributed by atoms with van der Waals surface area (Å²) in [5.41, 5.74) is -1.23. The lowest BCUT2D eigenvalue weighted by Gasteiger charge is -2.30. The van der Waals surface area contributed by atoms with Crippen LogP contribution < -0.4 is 14.2 Å². The fourth-order valence-electron chi connectivity index (χ4n) is 4.99. The van der Waals surface area contributed by atoms with Gasteiger partial charge in [0.25, 0.3) is 0 Å². The molecule has 2 N–H and O–H groups in total. The Bertz CT molecular complexity index is 1880. The van der Waals surface area contributed by atoms with Crippen LogP contribution >= 0.6 is 0 Å². The van der Waals surface area contributed by atoms with Crippen LogP contribution in [0, 0.1) is 18.3 Å². The molecule has 300 valence electrons. The van der Waals surface area contributed by atoms with Crippen LogP contribution in [0.5, 0.6) is 11.5 Å². The maximum atomic E-state index is 13.7. The van der Waals surface area contributed by atoms with Crippen LogP contribution in [0.2, 0.25) is 0 Å². The van der Waals surface area contributed by atoms with Gasteiger partial charge in [-0.1, -0.05) is 12.1 Å². The number of ether oxygens (including phenoxy) is 4. The molecule has 17 nitrogen and oxygen atoms in total. The van der Waals surface area contributed by atoms with Crippen LogP contribution in [0.25, 0.3) is 0 Å². The smallest absolute Gasteiger partial charge is 0.442 e. The minimum absolute atomic E-state index is 0.00142. The Hall–Kier alpha value is -4.46. The Morgan fingerprint density at radius 3 is 2.07 bits per heavy atom. The number of amides is 2. The molecule has 1 heterocycles. The summed E-state index contributed by atoms with van der Waals surface area (Å²) < 4.78 is 82.3. The minimum atomic E-state index is -4.68. The number of hydrogen-bond acceptors (Lipinski definition) is 14. The van der Waals surface area contributed by atoms with Crippen molar-refractivity contribution in [3.63, 3.8) is 0 Å². The van der Waals surface area contributed by atoms with Crippen LogP contribution in [0.1, 0.15) is 73.3 Å². The van der Waals surface area contributed by atoms with E-state index in [9.17, 15) is 31.2 Å². The highest BCUT2D eigenvalue weighted by Gasteiger charge is 2.36. The first-order valence-corrected chi connectivity index (χ1v) is 20.1. The minimum Gasteiger partial charge on any atom is -0.493 e. The summed E-state index contributed by atoms with van der Waals surface area (Å²) in [4.78, 5) is 41.5. The number of piperidine rings is 1. The summed E-state index contributed by atoms with van der Waals surface area (Å²) in [6.07, 6.45) is -1.41. The van der Waals surface area contributed by atoms with Gasteiger partial charge in [0.15, 0.2) is 0 Å². The van der Waals surface area contributed by atoms with E-state index in [1.807, 2.05) is 0 Å². The number of rotatable bonds is 13. The van der Waals surface area contributed by atoms with Crippen molar-refractivity contribution in [1.82, 2.24) is 14.7 Å². The standard InChI is InChI=1S/C35H50N4O13S2/c1-9-47-30(40)25-15-17-38(18-16-25)53(43,44)28-13-10-11-14-29(28)54(45,46)52-27-22-24(2)21-26(23-27)48-19-12-20-49-39(33(42)51-35(6,7)8)31(36)37-32(41)50-34(3,4)5/h10-11,13-14,21-23,25H,9,12,15-20H2,1-8H3,(H2,36,37,41).